The molecule has 0 aliphatic carbocycles. The monoisotopic (exact) mass is 246 g/mol. The SMILES string of the molecule is CN1CCC(NCc2ccc(C(C)(C)C)cc2)C1. The number of hydrogen-bond donors (Lipinski definition) is 1. The van der Waals surface area contributed by atoms with E-state index in [0.29, 0.717) is 6.04 Å². The zero-order chi connectivity index (χ0) is 13.2. The van der Waals surface area contributed by atoms with E-state index in [1.54, 1.807) is 0 Å². The van der Waals surface area contributed by atoms with Crippen molar-refractivity contribution < 1.29 is 0 Å². The molecule has 0 saturated carbocycles. The Balaban J connectivity index is 1.87. The fourth-order valence-electron chi connectivity index (χ4n) is 2.49. The molecule has 1 aliphatic rings. The van der Waals surface area contributed by atoms with Gasteiger partial charge in [0.25, 0.3) is 0 Å². The lowest BCUT2D eigenvalue weighted by molar-refractivity contribution is 0.397. The lowest BCUT2D eigenvalue weighted by atomic mass is 9.87. The van der Waals surface area contributed by atoms with Crippen molar-refractivity contribution in [2.45, 2.75) is 45.2 Å². The molecule has 1 aromatic rings. The molecule has 18 heavy (non-hydrogen) atoms. The number of nitrogens with zero attached hydrogens (tertiary/aromatic N) is 1. The van der Waals surface area contributed by atoms with Gasteiger partial charge in [-0.1, -0.05) is 45.0 Å². The first kappa shape index (κ1) is 13.6. The normalized spacial score (nSPS) is 21.4. The van der Waals surface area contributed by atoms with E-state index in [0.717, 1.165) is 6.54 Å². The largest absolute Gasteiger partial charge is 0.309 e. The quantitative estimate of drug-likeness (QED) is 0.882. The highest BCUT2D eigenvalue weighted by atomic mass is 15.2. The highest BCUT2D eigenvalue weighted by Crippen LogP contribution is 2.22. The van der Waals surface area contributed by atoms with Gasteiger partial charge in [-0.15, -0.1) is 0 Å². The van der Waals surface area contributed by atoms with Crippen LogP contribution in [0.3, 0.4) is 0 Å². The molecule has 2 nitrogen and oxygen atoms in total. The second kappa shape index (κ2) is 5.41. The molecule has 1 aromatic carbocycles. The van der Waals surface area contributed by atoms with E-state index in [9.17, 15) is 0 Å². The summed E-state index contributed by atoms with van der Waals surface area (Å²) in [5, 5.41) is 3.64. The van der Waals surface area contributed by atoms with Crippen LogP contribution in [0.5, 0.6) is 0 Å². The van der Waals surface area contributed by atoms with Gasteiger partial charge in [-0.05, 0) is 36.6 Å². The van der Waals surface area contributed by atoms with Crippen LogP contribution in [0.2, 0.25) is 0 Å². The van der Waals surface area contributed by atoms with Crippen LogP contribution in [-0.4, -0.2) is 31.1 Å². The molecule has 100 valence electrons. The smallest absolute Gasteiger partial charge is 0.0210 e. The highest BCUT2D eigenvalue weighted by Gasteiger charge is 2.18. The van der Waals surface area contributed by atoms with Crippen LogP contribution in [-0.2, 0) is 12.0 Å². The molecule has 0 spiro atoms. The Morgan fingerprint density at radius 3 is 2.39 bits per heavy atom. The molecule has 2 heteroatoms. The Morgan fingerprint density at radius 1 is 1.22 bits per heavy atom. The molecule has 1 aliphatic heterocycles. The predicted octanol–water partition coefficient (Wildman–Crippen LogP) is 2.78. The molecule has 0 bridgehead atoms. The van der Waals surface area contributed by atoms with Gasteiger partial charge in [-0.25, -0.2) is 0 Å². The summed E-state index contributed by atoms with van der Waals surface area (Å²) >= 11 is 0. The molecular weight excluding hydrogens is 220 g/mol. The van der Waals surface area contributed by atoms with Crippen molar-refractivity contribution in [3.8, 4) is 0 Å². The van der Waals surface area contributed by atoms with Crippen molar-refractivity contribution in [1.82, 2.24) is 10.2 Å². The summed E-state index contributed by atoms with van der Waals surface area (Å²) in [6.45, 7) is 10.2. The lowest BCUT2D eigenvalue weighted by Crippen LogP contribution is -2.30. The summed E-state index contributed by atoms with van der Waals surface area (Å²) in [6, 6.07) is 9.70. The minimum Gasteiger partial charge on any atom is -0.309 e. The van der Waals surface area contributed by atoms with Crippen molar-refractivity contribution in [3.05, 3.63) is 35.4 Å². The third kappa shape index (κ3) is 3.56. The van der Waals surface area contributed by atoms with Gasteiger partial charge in [0.1, 0.15) is 0 Å². The molecule has 2 rings (SSSR count). The maximum absolute atomic E-state index is 3.64. The average molecular weight is 246 g/mol. The summed E-state index contributed by atoms with van der Waals surface area (Å²) in [6.07, 6.45) is 1.27. The molecule has 1 heterocycles. The van der Waals surface area contributed by atoms with Crippen molar-refractivity contribution in [2.24, 2.45) is 0 Å². The first-order valence-corrected chi connectivity index (χ1v) is 6.96. The summed E-state index contributed by atoms with van der Waals surface area (Å²) in [5.41, 5.74) is 3.05. The van der Waals surface area contributed by atoms with Crippen molar-refractivity contribution >= 4 is 0 Å². The number of likely N-dealkylation sites (tertiary alicyclic amines) is 1. The van der Waals surface area contributed by atoms with E-state index in [2.05, 4.69) is 62.3 Å². The van der Waals surface area contributed by atoms with Crippen LogP contribution in [0.4, 0.5) is 0 Å². The zero-order valence-corrected chi connectivity index (χ0v) is 12.2. The summed E-state index contributed by atoms with van der Waals surface area (Å²) in [5.74, 6) is 0. The van der Waals surface area contributed by atoms with Crippen molar-refractivity contribution in [2.75, 3.05) is 20.1 Å². The number of benzene rings is 1. The predicted molar refractivity (Wildman–Crippen MR) is 77.9 cm³/mol. The third-order valence-corrected chi connectivity index (χ3v) is 3.81. The molecule has 0 radical (unpaired) electrons. The second-order valence-electron chi connectivity index (χ2n) is 6.58. The van der Waals surface area contributed by atoms with Crippen molar-refractivity contribution in [1.29, 1.82) is 0 Å². The van der Waals surface area contributed by atoms with E-state index >= 15 is 0 Å². The van der Waals surface area contributed by atoms with Gasteiger partial charge in [-0.3, -0.25) is 0 Å². The molecular formula is C16H26N2. The standard InChI is InChI=1S/C16H26N2/c1-16(2,3)14-7-5-13(6-8-14)11-17-15-9-10-18(4)12-15/h5-8,15,17H,9-12H2,1-4H3. The van der Waals surface area contributed by atoms with Gasteiger partial charge in [-0.2, -0.15) is 0 Å². The Labute approximate surface area is 111 Å². The van der Waals surface area contributed by atoms with Crippen molar-refractivity contribution in [3.63, 3.8) is 0 Å². The van der Waals surface area contributed by atoms with E-state index in [1.807, 2.05) is 0 Å². The van der Waals surface area contributed by atoms with Gasteiger partial charge < -0.3 is 10.2 Å². The maximum Gasteiger partial charge on any atom is 0.0210 e. The number of nitrogens with one attached hydrogen (secondary N) is 1. The fourth-order valence-corrected chi connectivity index (χ4v) is 2.49. The molecule has 0 amide bonds. The van der Waals surface area contributed by atoms with Crippen LogP contribution in [0.1, 0.15) is 38.3 Å². The number of rotatable bonds is 3. The second-order valence-corrected chi connectivity index (χ2v) is 6.58. The molecule has 1 fully saturated rings. The molecule has 1 atom stereocenters. The topological polar surface area (TPSA) is 15.3 Å². The highest BCUT2D eigenvalue weighted by molar-refractivity contribution is 5.27. The molecule has 1 unspecified atom stereocenters. The van der Waals surface area contributed by atoms with Crippen LogP contribution in [0, 0.1) is 0 Å². The van der Waals surface area contributed by atoms with Gasteiger partial charge in [0, 0.05) is 19.1 Å². The number of likely N-dealkylation sites (N-methyl/N-ethyl adjacent to an activating group) is 1. The Kier molecular flexibility index (Phi) is 4.08. The van der Waals surface area contributed by atoms with E-state index in [1.165, 1.54) is 30.6 Å². The van der Waals surface area contributed by atoms with Crippen LogP contribution in [0.25, 0.3) is 0 Å². The fraction of sp³-hybridized carbons (Fsp3) is 0.625. The van der Waals surface area contributed by atoms with Gasteiger partial charge in [0.15, 0.2) is 0 Å². The molecule has 0 aromatic heterocycles. The van der Waals surface area contributed by atoms with Crippen LogP contribution in [0.15, 0.2) is 24.3 Å². The maximum atomic E-state index is 3.64. The van der Waals surface area contributed by atoms with Crippen LogP contribution >= 0.6 is 0 Å². The van der Waals surface area contributed by atoms with Gasteiger partial charge >= 0.3 is 0 Å². The Bertz CT molecular complexity index is 375. The van der Waals surface area contributed by atoms with E-state index < -0.39 is 0 Å². The summed E-state index contributed by atoms with van der Waals surface area (Å²) in [7, 11) is 2.19. The van der Waals surface area contributed by atoms with E-state index in [4.69, 9.17) is 0 Å². The zero-order valence-electron chi connectivity index (χ0n) is 12.2. The molecule has 1 saturated heterocycles. The van der Waals surface area contributed by atoms with Gasteiger partial charge in [0.05, 0.1) is 0 Å². The number of hydrogen-bond acceptors (Lipinski definition) is 2. The Morgan fingerprint density at radius 2 is 1.89 bits per heavy atom. The Hall–Kier alpha value is -0.860. The minimum absolute atomic E-state index is 0.250. The third-order valence-electron chi connectivity index (χ3n) is 3.81. The lowest BCUT2D eigenvalue weighted by Gasteiger charge is -2.19. The summed E-state index contributed by atoms with van der Waals surface area (Å²) in [4.78, 5) is 2.39. The average Bonchev–Trinajstić information content (AvgIpc) is 2.72. The molecule has 1 N–H and O–H groups in total. The first-order valence-electron chi connectivity index (χ1n) is 6.96. The van der Waals surface area contributed by atoms with Crippen LogP contribution < -0.4 is 5.32 Å². The minimum atomic E-state index is 0.250. The van der Waals surface area contributed by atoms with E-state index in [-0.39, 0.29) is 5.41 Å². The van der Waals surface area contributed by atoms with Gasteiger partial charge in [0.2, 0.25) is 0 Å². The first-order chi connectivity index (χ1) is 8.45. The summed E-state index contributed by atoms with van der Waals surface area (Å²) < 4.78 is 0.